The third-order valence-corrected chi connectivity index (χ3v) is 5.41. The molecular formula is C20H31N3O4. The van der Waals surface area contributed by atoms with Crippen molar-refractivity contribution < 1.29 is 19.7 Å². The van der Waals surface area contributed by atoms with Crippen LogP contribution in [0.4, 0.5) is 4.79 Å². The van der Waals surface area contributed by atoms with E-state index in [0.29, 0.717) is 30.8 Å². The first kappa shape index (κ1) is 19.8. The molecule has 1 aliphatic carbocycles. The minimum Gasteiger partial charge on any atom is -0.504 e. The Morgan fingerprint density at radius 3 is 2.89 bits per heavy atom. The highest BCUT2D eigenvalue weighted by molar-refractivity contribution is 5.75. The highest BCUT2D eigenvalue weighted by Crippen LogP contribution is 2.31. The maximum atomic E-state index is 12.7. The number of nitrogens with one attached hydrogen (secondary N) is 1. The van der Waals surface area contributed by atoms with Gasteiger partial charge < -0.3 is 30.1 Å². The Balaban J connectivity index is 1.50. The summed E-state index contributed by atoms with van der Waals surface area (Å²) in [4.78, 5) is 16.9. The molecular weight excluding hydrogens is 346 g/mol. The van der Waals surface area contributed by atoms with Crippen molar-refractivity contribution in [1.29, 1.82) is 0 Å². The molecule has 0 radical (unpaired) electrons. The molecule has 2 aliphatic rings. The molecule has 0 aromatic heterocycles. The lowest BCUT2D eigenvalue weighted by molar-refractivity contribution is 0.120. The number of aliphatic hydroxyl groups is 1. The number of rotatable bonds is 8. The number of ether oxygens (including phenoxy) is 1. The molecule has 7 heteroatoms. The zero-order valence-electron chi connectivity index (χ0n) is 16.1. The molecule has 1 aromatic carbocycles. The number of amides is 2. The van der Waals surface area contributed by atoms with Gasteiger partial charge >= 0.3 is 6.03 Å². The molecule has 1 saturated carbocycles. The van der Waals surface area contributed by atoms with Crippen LogP contribution in [0, 0.1) is 5.92 Å². The number of likely N-dealkylation sites (tertiary alicyclic amines) is 1. The highest BCUT2D eigenvalue weighted by Gasteiger charge is 2.32. The number of hydrogen-bond donors (Lipinski definition) is 3. The molecule has 1 heterocycles. The van der Waals surface area contributed by atoms with Gasteiger partial charge in [-0.05, 0) is 55.8 Å². The van der Waals surface area contributed by atoms with Crippen molar-refractivity contribution >= 4 is 6.03 Å². The molecule has 2 amide bonds. The van der Waals surface area contributed by atoms with Gasteiger partial charge in [0.1, 0.15) is 0 Å². The Labute approximate surface area is 160 Å². The van der Waals surface area contributed by atoms with E-state index in [-0.39, 0.29) is 18.4 Å². The molecule has 7 nitrogen and oxygen atoms in total. The minimum absolute atomic E-state index is 0.0414. The predicted molar refractivity (Wildman–Crippen MR) is 103 cm³/mol. The fourth-order valence-electron chi connectivity index (χ4n) is 3.70. The Morgan fingerprint density at radius 1 is 1.37 bits per heavy atom. The minimum atomic E-state index is -0.0414. The Hall–Kier alpha value is -1.99. The molecule has 3 N–H and O–H groups in total. The van der Waals surface area contributed by atoms with E-state index in [2.05, 4.69) is 10.2 Å². The van der Waals surface area contributed by atoms with Crippen LogP contribution < -0.4 is 10.1 Å². The van der Waals surface area contributed by atoms with Gasteiger partial charge in [-0.2, -0.15) is 0 Å². The van der Waals surface area contributed by atoms with Gasteiger partial charge in [0.25, 0.3) is 0 Å². The number of nitrogens with zero attached hydrogens (tertiary/aromatic N) is 2. The normalized spacial score (nSPS) is 20.3. The topological polar surface area (TPSA) is 85.3 Å². The van der Waals surface area contributed by atoms with E-state index in [1.165, 1.54) is 7.11 Å². The molecule has 1 aliphatic heterocycles. The largest absolute Gasteiger partial charge is 0.504 e. The number of aromatic hydroxyl groups is 1. The van der Waals surface area contributed by atoms with Gasteiger partial charge in [-0.3, -0.25) is 0 Å². The number of phenols is 1. The van der Waals surface area contributed by atoms with Crippen LogP contribution in [-0.2, 0) is 6.54 Å². The van der Waals surface area contributed by atoms with Gasteiger partial charge in [0.05, 0.1) is 7.11 Å². The average molecular weight is 377 g/mol. The van der Waals surface area contributed by atoms with Crippen LogP contribution in [0.1, 0.15) is 31.2 Å². The molecule has 27 heavy (non-hydrogen) atoms. The number of piperidine rings is 1. The fourth-order valence-corrected chi connectivity index (χ4v) is 3.70. The first-order valence-corrected chi connectivity index (χ1v) is 9.84. The lowest BCUT2D eigenvalue weighted by Crippen LogP contribution is -2.45. The Kier molecular flexibility index (Phi) is 6.79. The lowest BCUT2D eigenvalue weighted by atomic mass is 9.99. The third kappa shape index (κ3) is 5.49. The fraction of sp³-hybridized carbons (Fsp3) is 0.650. The number of carbonyl (C=O) groups excluding carboxylic acids is 1. The number of phenolic OH excluding ortho intramolecular Hbond substituents is 1. The van der Waals surface area contributed by atoms with E-state index in [0.717, 1.165) is 50.9 Å². The molecule has 3 rings (SSSR count). The van der Waals surface area contributed by atoms with Crippen molar-refractivity contribution in [3.63, 3.8) is 0 Å². The smallest absolute Gasteiger partial charge is 0.317 e. The zero-order chi connectivity index (χ0) is 19.2. The summed E-state index contributed by atoms with van der Waals surface area (Å²) in [6.07, 6.45) is 4.26. The lowest BCUT2D eigenvalue weighted by Gasteiger charge is -2.32. The van der Waals surface area contributed by atoms with Crippen LogP contribution in [-0.4, -0.2) is 72.0 Å². The second-order valence-electron chi connectivity index (χ2n) is 7.59. The van der Waals surface area contributed by atoms with E-state index in [4.69, 9.17) is 4.74 Å². The summed E-state index contributed by atoms with van der Waals surface area (Å²) in [5, 5.41) is 22.1. The highest BCUT2D eigenvalue weighted by atomic mass is 16.5. The number of carbonyl (C=O) groups is 1. The molecule has 0 spiro atoms. The molecule has 1 aromatic rings. The molecule has 1 atom stereocenters. The van der Waals surface area contributed by atoms with Gasteiger partial charge in [0.2, 0.25) is 0 Å². The second kappa shape index (κ2) is 9.28. The summed E-state index contributed by atoms with van der Waals surface area (Å²) in [6, 6.07) is 5.45. The summed E-state index contributed by atoms with van der Waals surface area (Å²) in [5.41, 5.74) is 0.938. The van der Waals surface area contributed by atoms with E-state index in [9.17, 15) is 15.0 Å². The molecule has 1 unspecified atom stereocenters. The van der Waals surface area contributed by atoms with E-state index >= 15 is 0 Å². The molecule has 2 fully saturated rings. The third-order valence-electron chi connectivity index (χ3n) is 5.41. The number of urea groups is 1. The molecule has 0 bridgehead atoms. The maximum absolute atomic E-state index is 12.7. The summed E-state index contributed by atoms with van der Waals surface area (Å²) >= 11 is 0. The summed E-state index contributed by atoms with van der Waals surface area (Å²) in [7, 11) is 1.52. The average Bonchev–Trinajstić information content (AvgIpc) is 3.52. The maximum Gasteiger partial charge on any atom is 0.317 e. The van der Waals surface area contributed by atoms with Crippen molar-refractivity contribution in [2.75, 3.05) is 39.9 Å². The number of benzene rings is 1. The van der Waals surface area contributed by atoms with Gasteiger partial charge in [-0.15, -0.1) is 0 Å². The van der Waals surface area contributed by atoms with Crippen LogP contribution in [0.3, 0.4) is 0 Å². The van der Waals surface area contributed by atoms with E-state index in [1.54, 1.807) is 12.1 Å². The Morgan fingerprint density at radius 2 is 2.19 bits per heavy atom. The number of aliphatic hydroxyl groups excluding tert-OH is 1. The second-order valence-corrected chi connectivity index (χ2v) is 7.59. The first-order chi connectivity index (χ1) is 13.1. The van der Waals surface area contributed by atoms with Crippen LogP contribution >= 0.6 is 0 Å². The first-order valence-electron chi connectivity index (χ1n) is 9.84. The van der Waals surface area contributed by atoms with Crippen LogP contribution in [0.15, 0.2) is 18.2 Å². The van der Waals surface area contributed by atoms with E-state index < -0.39 is 0 Å². The van der Waals surface area contributed by atoms with Crippen molar-refractivity contribution in [2.45, 2.75) is 38.3 Å². The zero-order valence-corrected chi connectivity index (χ0v) is 16.1. The van der Waals surface area contributed by atoms with Crippen molar-refractivity contribution in [3.05, 3.63) is 23.8 Å². The molecule has 150 valence electrons. The summed E-state index contributed by atoms with van der Waals surface area (Å²) in [5.74, 6) is 0.889. The predicted octanol–water partition coefficient (Wildman–Crippen LogP) is 1.78. The van der Waals surface area contributed by atoms with Gasteiger partial charge in [0.15, 0.2) is 11.5 Å². The van der Waals surface area contributed by atoms with Crippen molar-refractivity contribution in [2.24, 2.45) is 5.92 Å². The Bertz CT molecular complexity index is 636. The van der Waals surface area contributed by atoms with Gasteiger partial charge in [-0.25, -0.2) is 4.79 Å². The number of methoxy groups -OCH3 is 1. The van der Waals surface area contributed by atoms with E-state index in [1.807, 2.05) is 11.0 Å². The SMILES string of the molecule is COc1cc(CN(C(=O)NCCN2CCCC(CO)C2)C2CC2)ccc1O. The van der Waals surface area contributed by atoms with Gasteiger partial charge in [-0.1, -0.05) is 6.07 Å². The van der Waals surface area contributed by atoms with Crippen molar-refractivity contribution in [3.8, 4) is 11.5 Å². The number of hydrogen-bond acceptors (Lipinski definition) is 5. The van der Waals surface area contributed by atoms with Crippen LogP contribution in [0.2, 0.25) is 0 Å². The van der Waals surface area contributed by atoms with Gasteiger partial charge in [0, 0.05) is 38.8 Å². The molecule has 1 saturated heterocycles. The van der Waals surface area contributed by atoms with Crippen LogP contribution in [0.5, 0.6) is 11.5 Å². The summed E-state index contributed by atoms with van der Waals surface area (Å²) in [6.45, 7) is 4.11. The summed E-state index contributed by atoms with van der Waals surface area (Å²) < 4.78 is 5.16. The van der Waals surface area contributed by atoms with Crippen LogP contribution in [0.25, 0.3) is 0 Å². The quantitative estimate of drug-likeness (QED) is 0.643. The van der Waals surface area contributed by atoms with Crippen molar-refractivity contribution in [1.82, 2.24) is 15.1 Å². The monoisotopic (exact) mass is 377 g/mol. The standard InChI is InChI=1S/C20H31N3O4/c1-27-19-11-15(4-7-18(19)25)13-23(17-5-6-17)20(26)21-8-10-22-9-2-3-16(12-22)14-24/h4,7,11,16-17,24-25H,2-3,5-6,8-10,12-14H2,1H3,(H,21,26).